The largest absolute Gasteiger partial charge is 0.323 e. The summed E-state index contributed by atoms with van der Waals surface area (Å²) in [6.07, 6.45) is 0. The van der Waals surface area contributed by atoms with Crippen molar-refractivity contribution in [2.75, 3.05) is 11.2 Å². The molecule has 1 N–H and O–H groups in total. The van der Waals surface area contributed by atoms with E-state index in [1.807, 2.05) is 0 Å². The molecule has 0 fully saturated rings. The van der Waals surface area contributed by atoms with Crippen LogP contribution in [0, 0.1) is 5.82 Å². The van der Waals surface area contributed by atoms with Gasteiger partial charge >= 0.3 is 0 Å². The summed E-state index contributed by atoms with van der Waals surface area (Å²) in [6, 6.07) is 2.52. The first-order chi connectivity index (χ1) is 6.54. The Morgan fingerprint density at radius 3 is 2.36 bits per heavy atom. The first kappa shape index (κ1) is 11.9. The lowest BCUT2D eigenvalue weighted by molar-refractivity contribution is -0.113. The third kappa shape index (κ3) is 2.93. The molecule has 14 heavy (non-hydrogen) atoms. The van der Waals surface area contributed by atoms with Gasteiger partial charge in [0.2, 0.25) is 5.91 Å². The van der Waals surface area contributed by atoms with Crippen molar-refractivity contribution in [3.05, 3.63) is 26.9 Å². The van der Waals surface area contributed by atoms with Crippen molar-refractivity contribution in [1.82, 2.24) is 0 Å². The first-order valence-electron chi connectivity index (χ1n) is 3.55. The SMILES string of the molecule is O=C(CCl)Nc1c(Br)cc(F)cc1Br. The van der Waals surface area contributed by atoms with Crippen LogP contribution in [0.25, 0.3) is 0 Å². The van der Waals surface area contributed by atoms with Gasteiger partial charge in [-0.2, -0.15) is 0 Å². The highest BCUT2D eigenvalue weighted by Crippen LogP contribution is 2.31. The highest BCUT2D eigenvalue weighted by atomic mass is 79.9. The van der Waals surface area contributed by atoms with Crippen LogP contribution in [0.5, 0.6) is 0 Å². The quantitative estimate of drug-likeness (QED) is 0.817. The Morgan fingerprint density at radius 1 is 1.43 bits per heavy atom. The second-order valence-corrected chi connectivity index (χ2v) is 4.40. The average Bonchev–Trinajstić information content (AvgIpc) is 2.10. The lowest BCUT2D eigenvalue weighted by Crippen LogP contribution is -2.13. The Bertz CT molecular complexity index is 349. The molecular weight excluding hydrogens is 340 g/mol. The van der Waals surface area contributed by atoms with E-state index in [2.05, 4.69) is 37.2 Å². The average molecular weight is 345 g/mol. The maximum absolute atomic E-state index is 12.8. The fourth-order valence-corrected chi connectivity index (χ4v) is 2.23. The van der Waals surface area contributed by atoms with Gasteiger partial charge in [0, 0.05) is 8.95 Å². The molecule has 0 aliphatic carbocycles. The number of hydrogen-bond donors (Lipinski definition) is 1. The van der Waals surface area contributed by atoms with Crippen molar-refractivity contribution in [2.24, 2.45) is 0 Å². The molecule has 2 nitrogen and oxygen atoms in total. The minimum absolute atomic E-state index is 0.143. The van der Waals surface area contributed by atoms with Gasteiger partial charge < -0.3 is 5.32 Å². The summed E-state index contributed by atoms with van der Waals surface area (Å²) in [5.41, 5.74) is 0.469. The Hall–Kier alpha value is -0.130. The van der Waals surface area contributed by atoms with Crippen LogP contribution in [0.3, 0.4) is 0 Å². The maximum Gasteiger partial charge on any atom is 0.239 e. The van der Waals surface area contributed by atoms with E-state index >= 15 is 0 Å². The number of alkyl halides is 1. The Morgan fingerprint density at radius 2 is 1.93 bits per heavy atom. The number of rotatable bonds is 2. The van der Waals surface area contributed by atoms with E-state index in [-0.39, 0.29) is 11.8 Å². The Kier molecular flexibility index (Phi) is 4.34. The van der Waals surface area contributed by atoms with Gasteiger partial charge in [0.05, 0.1) is 5.69 Å². The van der Waals surface area contributed by atoms with Crippen LogP contribution in [0.2, 0.25) is 0 Å². The van der Waals surface area contributed by atoms with Gasteiger partial charge in [-0.15, -0.1) is 11.6 Å². The molecule has 1 aromatic rings. The molecular formula is C8H5Br2ClFNO. The predicted molar refractivity (Wildman–Crippen MR) is 61.1 cm³/mol. The lowest BCUT2D eigenvalue weighted by Gasteiger charge is -2.08. The highest BCUT2D eigenvalue weighted by molar-refractivity contribution is 9.11. The van der Waals surface area contributed by atoms with Gasteiger partial charge in [-0.3, -0.25) is 4.79 Å². The molecule has 0 bridgehead atoms. The molecule has 76 valence electrons. The molecule has 0 saturated carbocycles. The molecule has 0 aliphatic heterocycles. The number of carbonyl (C=O) groups excluding carboxylic acids is 1. The second kappa shape index (κ2) is 5.09. The summed E-state index contributed by atoms with van der Waals surface area (Å²) in [7, 11) is 0. The van der Waals surface area contributed by atoms with E-state index in [0.29, 0.717) is 14.6 Å². The van der Waals surface area contributed by atoms with Gasteiger partial charge in [0.1, 0.15) is 11.7 Å². The Balaban J connectivity index is 3.02. The fourth-order valence-electron chi connectivity index (χ4n) is 0.834. The van der Waals surface area contributed by atoms with Crippen LogP contribution in [0.4, 0.5) is 10.1 Å². The smallest absolute Gasteiger partial charge is 0.239 e. The summed E-state index contributed by atoms with van der Waals surface area (Å²) in [5, 5.41) is 2.52. The van der Waals surface area contributed by atoms with Crippen molar-refractivity contribution in [2.45, 2.75) is 0 Å². The summed E-state index contributed by atoms with van der Waals surface area (Å²) < 4.78 is 13.8. The molecule has 0 atom stereocenters. The molecule has 1 amide bonds. The minimum Gasteiger partial charge on any atom is -0.323 e. The van der Waals surface area contributed by atoms with Crippen molar-refractivity contribution >= 4 is 55.1 Å². The molecule has 0 unspecified atom stereocenters. The van der Waals surface area contributed by atoms with Crippen LogP contribution in [-0.4, -0.2) is 11.8 Å². The summed E-state index contributed by atoms with van der Waals surface area (Å²) in [5.74, 6) is -0.886. The molecule has 0 saturated heterocycles. The third-order valence-electron chi connectivity index (χ3n) is 1.39. The molecule has 0 aliphatic rings. The summed E-state index contributed by atoms with van der Waals surface area (Å²) in [4.78, 5) is 11.0. The van der Waals surface area contributed by atoms with Crippen molar-refractivity contribution in [1.29, 1.82) is 0 Å². The van der Waals surface area contributed by atoms with Crippen LogP contribution in [-0.2, 0) is 4.79 Å². The topological polar surface area (TPSA) is 29.1 Å². The number of nitrogens with one attached hydrogen (secondary N) is 1. The van der Waals surface area contributed by atoms with Gasteiger partial charge in [0.25, 0.3) is 0 Å². The number of carbonyl (C=O) groups is 1. The lowest BCUT2D eigenvalue weighted by atomic mass is 10.3. The zero-order valence-electron chi connectivity index (χ0n) is 6.78. The van der Waals surface area contributed by atoms with Gasteiger partial charge in [-0.1, -0.05) is 0 Å². The first-order valence-corrected chi connectivity index (χ1v) is 5.67. The normalized spacial score (nSPS) is 10.0. The molecule has 6 heteroatoms. The van der Waals surface area contributed by atoms with Crippen LogP contribution < -0.4 is 5.32 Å². The molecule has 1 rings (SSSR count). The second-order valence-electron chi connectivity index (χ2n) is 2.43. The molecule has 0 radical (unpaired) electrons. The van der Waals surface area contributed by atoms with Crippen LogP contribution >= 0.6 is 43.5 Å². The van der Waals surface area contributed by atoms with E-state index in [1.165, 1.54) is 12.1 Å². The zero-order chi connectivity index (χ0) is 10.7. The third-order valence-corrected chi connectivity index (χ3v) is 2.89. The minimum atomic E-state index is -0.396. The summed E-state index contributed by atoms with van der Waals surface area (Å²) in [6.45, 7) is 0. The molecule has 0 heterocycles. The van der Waals surface area contributed by atoms with E-state index in [4.69, 9.17) is 11.6 Å². The monoisotopic (exact) mass is 343 g/mol. The molecule has 0 aromatic heterocycles. The molecule has 0 spiro atoms. The summed E-state index contributed by atoms with van der Waals surface area (Å²) >= 11 is 11.6. The van der Waals surface area contributed by atoms with E-state index < -0.39 is 5.82 Å². The fraction of sp³-hybridized carbons (Fsp3) is 0.125. The van der Waals surface area contributed by atoms with Crippen molar-refractivity contribution in [3.8, 4) is 0 Å². The van der Waals surface area contributed by atoms with Crippen LogP contribution in [0.1, 0.15) is 0 Å². The number of hydrogen-bond acceptors (Lipinski definition) is 1. The van der Waals surface area contributed by atoms with Gasteiger partial charge in [-0.05, 0) is 44.0 Å². The number of benzene rings is 1. The number of halogens is 4. The van der Waals surface area contributed by atoms with Crippen molar-refractivity contribution in [3.63, 3.8) is 0 Å². The zero-order valence-corrected chi connectivity index (χ0v) is 10.7. The standard InChI is InChI=1S/C8H5Br2ClFNO/c9-5-1-4(12)2-6(10)8(5)13-7(14)3-11/h1-2H,3H2,(H,13,14). The predicted octanol–water partition coefficient (Wildman–Crippen LogP) is 3.53. The van der Waals surface area contributed by atoms with Gasteiger partial charge in [0.15, 0.2) is 0 Å². The number of amides is 1. The van der Waals surface area contributed by atoms with Crippen LogP contribution in [0.15, 0.2) is 21.1 Å². The van der Waals surface area contributed by atoms with E-state index in [9.17, 15) is 9.18 Å². The molecule has 1 aromatic carbocycles. The van der Waals surface area contributed by atoms with Crippen molar-refractivity contribution < 1.29 is 9.18 Å². The van der Waals surface area contributed by atoms with Gasteiger partial charge in [-0.25, -0.2) is 4.39 Å². The van der Waals surface area contributed by atoms with E-state index in [1.54, 1.807) is 0 Å². The number of anilines is 1. The van der Waals surface area contributed by atoms with E-state index in [0.717, 1.165) is 0 Å². The Labute approximate surface area is 102 Å². The highest BCUT2D eigenvalue weighted by Gasteiger charge is 2.09. The maximum atomic E-state index is 12.8.